The van der Waals surface area contributed by atoms with Gasteiger partial charge in [0, 0.05) is 19.8 Å². The average molecular weight is 247 g/mol. The van der Waals surface area contributed by atoms with Crippen molar-refractivity contribution in [2.75, 3.05) is 6.54 Å². The zero-order valence-corrected chi connectivity index (χ0v) is 8.78. The molecule has 13 heavy (non-hydrogen) atoms. The second kappa shape index (κ2) is 3.93. The number of hydrogen-bond acceptors (Lipinski definition) is 2. The number of nitrogens with two attached hydrogens (primary N) is 1. The molecule has 1 rings (SSSR count). The molecule has 0 aliphatic rings. The first-order valence-electron chi connectivity index (χ1n) is 3.81. The first-order valence-corrected chi connectivity index (χ1v) is 4.60. The van der Waals surface area contributed by atoms with Crippen molar-refractivity contribution >= 4 is 21.9 Å². The van der Waals surface area contributed by atoms with E-state index in [1.807, 2.05) is 7.05 Å². The van der Waals surface area contributed by atoms with E-state index in [1.165, 1.54) is 0 Å². The van der Waals surface area contributed by atoms with Crippen LogP contribution in [-0.2, 0) is 11.8 Å². The monoisotopic (exact) mass is 246 g/mol. The van der Waals surface area contributed by atoms with Crippen molar-refractivity contribution in [1.29, 1.82) is 0 Å². The van der Waals surface area contributed by atoms with Crippen LogP contribution in [0.1, 0.15) is 11.5 Å². The van der Waals surface area contributed by atoms with Crippen molar-refractivity contribution in [3.8, 4) is 0 Å². The number of halogens is 1. The molecule has 0 fully saturated rings. The summed E-state index contributed by atoms with van der Waals surface area (Å²) in [6, 6.07) is 1.77. The van der Waals surface area contributed by atoms with E-state index in [9.17, 15) is 4.79 Å². The van der Waals surface area contributed by atoms with Gasteiger partial charge in [0.2, 0.25) is 0 Å². The van der Waals surface area contributed by atoms with Gasteiger partial charge in [-0.2, -0.15) is 0 Å². The lowest BCUT2D eigenvalue weighted by atomic mass is 10.0. The SMILES string of the molecule is Cn1cc(C(CN)C(=O)O)cc1Br. The van der Waals surface area contributed by atoms with E-state index in [-0.39, 0.29) is 6.54 Å². The first kappa shape index (κ1) is 10.3. The molecular formula is C8H11BrN2O2. The number of hydrogen-bond donors (Lipinski definition) is 2. The number of aromatic nitrogens is 1. The third-order valence-corrected chi connectivity index (χ3v) is 2.69. The summed E-state index contributed by atoms with van der Waals surface area (Å²) < 4.78 is 2.66. The molecule has 0 spiro atoms. The molecule has 0 aromatic carbocycles. The minimum absolute atomic E-state index is 0.117. The molecule has 4 nitrogen and oxygen atoms in total. The number of carboxylic acids is 1. The van der Waals surface area contributed by atoms with Crippen LogP contribution >= 0.6 is 15.9 Å². The van der Waals surface area contributed by atoms with E-state index in [1.54, 1.807) is 16.8 Å². The maximum absolute atomic E-state index is 10.7. The molecule has 5 heteroatoms. The van der Waals surface area contributed by atoms with Gasteiger partial charge in [-0.1, -0.05) is 0 Å². The van der Waals surface area contributed by atoms with E-state index in [4.69, 9.17) is 10.8 Å². The van der Waals surface area contributed by atoms with Crippen molar-refractivity contribution in [2.24, 2.45) is 12.8 Å². The van der Waals surface area contributed by atoms with Gasteiger partial charge in [-0.05, 0) is 27.6 Å². The van der Waals surface area contributed by atoms with E-state index in [0.717, 1.165) is 10.2 Å². The van der Waals surface area contributed by atoms with Crippen molar-refractivity contribution in [1.82, 2.24) is 4.57 Å². The van der Waals surface area contributed by atoms with Gasteiger partial charge in [0.15, 0.2) is 0 Å². The van der Waals surface area contributed by atoms with Crippen LogP contribution < -0.4 is 5.73 Å². The molecule has 1 aromatic heterocycles. The quantitative estimate of drug-likeness (QED) is 0.834. The van der Waals surface area contributed by atoms with Crippen LogP contribution in [0.3, 0.4) is 0 Å². The summed E-state index contributed by atoms with van der Waals surface area (Å²) in [6.45, 7) is 0.117. The van der Waals surface area contributed by atoms with Crippen molar-refractivity contribution in [3.63, 3.8) is 0 Å². The highest BCUT2D eigenvalue weighted by Crippen LogP contribution is 2.21. The molecule has 0 bridgehead atoms. The first-order chi connectivity index (χ1) is 6.06. The van der Waals surface area contributed by atoms with Crippen LogP contribution in [0.5, 0.6) is 0 Å². The average Bonchev–Trinajstić information content (AvgIpc) is 2.32. The maximum Gasteiger partial charge on any atom is 0.312 e. The van der Waals surface area contributed by atoms with Crippen molar-refractivity contribution in [2.45, 2.75) is 5.92 Å². The molecule has 0 radical (unpaired) electrons. The Morgan fingerprint density at radius 2 is 2.46 bits per heavy atom. The van der Waals surface area contributed by atoms with Crippen LogP contribution in [-0.4, -0.2) is 22.2 Å². The number of aryl methyl sites for hydroxylation is 1. The number of aliphatic carboxylic acids is 1. The van der Waals surface area contributed by atoms with Gasteiger partial charge in [0.1, 0.15) is 0 Å². The largest absolute Gasteiger partial charge is 0.481 e. The normalized spacial score (nSPS) is 12.8. The second-order valence-corrected chi connectivity index (χ2v) is 3.65. The van der Waals surface area contributed by atoms with Gasteiger partial charge in [-0.15, -0.1) is 0 Å². The Morgan fingerprint density at radius 1 is 1.85 bits per heavy atom. The van der Waals surface area contributed by atoms with Crippen LogP contribution in [0, 0.1) is 0 Å². The second-order valence-electron chi connectivity index (χ2n) is 2.83. The topological polar surface area (TPSA) is 68.2 Å². The van der Waals surface area contributed by atoms with Gasteiger partial charge in [-0.3, -0.25) is 4.79 Å². The zero-order valence-electron chi connectivity index (χ0n) is 7.20. The number of rotatable bonds is 3. The van der Waals surface area contributed by atoms with Gasteiger partial charge in [0.25, 0.3) is 0 Å². The van der Waals surface area contributed by atoms with Crippen molar-refractivity contribution < 1.29 is 9.90 Å². The summed E-state index contributed by atoms with van der Waals surface area (Å²) in [4.78, 5) is 10.7. The lowest BCUT2D eigenvalue weighted by molar-refractivity contribution is -0.138. The Bertz CT molecular complexity index is 302. The van der Waals surface area contributed by atoms with Crippen LogP contribution in [0.25, 0.3) is 0 Å². The summed E-state index contributed by atoms with van der Waals surface area (Å²) in [7, 11) is 1.84. The van der Waals surface area contributed by atoms with E-state index in [2.05, 4.69) is 15.9 Å². The van der Waals surface area contributed by atoms with Crippen molar-refractivity contribution in [3.05, 3.63) is 22.4 Å². The molecule has 0 saturated heterocycles. The summed E-state index contributed by atoms with van der Waals surface area (Å²) in [5, 5.41) is 8.82. The predicted octanol–water partition coefficient (Wildman–Crippen LogP) is 0.915. The fraction of sp³-hybridized carbons (Fsp3) is 0.375. The molecule has 1 atom stereocenters. The third kappa shape index (κ3) is 2.10. The minimum Gasteiger partial charge on any atom is -0.481 e. The molecule has 1 aromatic rings. The molecule has 3 N–H and O–H groups in total. The molecule has 72 valence electrons. The summed E-state index contributed by atoms with van der Waals surface area (Å²) in [5.74, 6) is -1.50. The lowest BCUT2D eigenvalue weighted by Crippen LogP contribution is -2.20. The van der Waals surface area contributed by atoms with Crippen LogP contribution in [0.4, 0.5) is 0 Å². The summed E-state index contributed by atoms with van der Waals surface area (Å²) >= 11 is 3.29. The fourth-order valence-corrected chi connectivity index (χ4v) is 1.50. The highest BCUT2D eigenvalue weighted by Gasteiger charge is 2.19. The predicted molar refractivity (Wildman–Crippen MR) is 52.5 cm³/mol. The van der Waals surface area contributed by atoms with Crippen LogP contribution in [0.15, 0.2) is 16.9 Å². The minimum atomic E-state index is -0.888. The Kier molecular flexibility index (Phi) is 3.11. The highest BCUT2D eigenvalue weighted by atomic mass is 79.9. The molecule has 0 amide bonds. The molecule has 0 saturated carbocycles. The summed E-state index contributed by atoms with van der Waals surface area (Å²) in [6.07, 6.45) is 1.76. The molecule has 0 aliphatic carbocycles. The Morgan fingerprint density at radius 3 is 2.77 bits per heavy atom. The molecule has 0 aliphatic heterocycles. The van der Waals surface area contributed by atoms with Gasteiger partial charge in [0.05, 0.1) is 10.5 Å². The Labute approximate surface area is 84.5 Å². The zero-order chi connectivity index (χ0) is 10.0. The highest BCUT2D eigenvalue weighted by molar-refractivity contribution is 9.10. The lowest BCUT2D eigenvalue weighted by Gasteiger charge is -2.05. The van der Waals surface area contributed by atoms with E-state index < -0.39 is 11.9 Å². The number of carbonyl (C=O) groups is 1. The fourth-order valence-electron chi connectivity index (χ4n) is 1.13. The Hall–Kier alpha value is -0.810. The molecular weight excluding hydrogens is 236 g/mol. The summed E-state index contributed by atoms with van der Waals surface area (Å²) in [5.41, 5.74) is 6.09. The maximum atomic E-state index is 10.7. The van der Waals surface area contributed by atoms with Crippen LogP contribution in [0.2, 0.25) is 0 Å². The smallest absolute Gasteiger partial charge is 0.312 e. The van der Waals surface area contributed by atoms with Gasteiger partial charge in [-0.25, -0.2) is 0 Å². The molecule has 1 unspecified atom stereocenters. The number of nitrogens with zero attached hydrogens (tertiary/aromatic N) is 1. The van der Waals surface area contributed by atoms with E-state index in [0.29, 0.717) is 0 Å². The molecule has 1 heterocycles. The number of carboxylic acid groups (broad SMARTS) is 1. The van der Waals surface area contributed by atoms with Gasteiger partial charge < -0.3 is 15.4 Å². The third-order valence-electron chi connectivity index (χ3n) is 1.90. The van der Waals surface area contributed by atoms with Gasteiger partial charge >= 0.3 is 5.97 Å². The Balaban J connectivity index is 2.98. The van der Waals surface area contributed by atoms with E-state index >= 15 is 0 Å². The standard InChI is InChI=1S/C8H11BrN2O2/c1-11-4-5(2-7(11)9)6(3-10)8(12)13/h2,4,6H,3,10H2,1H3,(H,12,13).